The smallest absolute Gasteiger partial charge is 0.170 e. The van der Waals surface area contributed by atoms with Crippen molar-refractivity contribution in [2.24, 2.45) is 5.41 Å². The molecule has 0 heterocycles. The van der Waals surface area contributed by atoms with Crippen molar-refractivity contribution < 1.29 is 24.9 Å². The predicted octanol–water partition coefficient (Wildman–Crippen LogP) is 3.80. The highest BCUT2D eigenvalue weighted by Gasteiger charge is 2.28. The molecule has 1 aromatic rings. The first-order valence-corrected chi connectivity index (χ1v) is 7.42. The van der Waals surface area contributed by atoms with Gasteiger partial charge in [0, 0.05) is 18.9 Å². The molecule has 5 nitrogen and oxygen atoms in total. The van der Waals surface area contributed by atoms with E-state index in [0.717, 1.165) is 12.5 Å². The molecule has 0 aliphatic carbocycles. The van der Waals surface area contributed by atoms with Gasteiger partial charge in [-0.1, -0.05) is 34.1 Å². The summed E-state index contributed by atoms with van der Waals surface area (Å²) < 4.78 is 0. The number of aromatic hydroxyl groups is 3. The summed E-state index contributed by atoms with van der Waals surface area (Å²) in [7, 11) is 0. The molecule has 122 valence electrons. The monoisotopic (exact) mass is 308 g/mol. The molecular weight excluding hydrogens is 284 g/mol. The average Bonchev–Trinajstić information content (AvgIpc) is 2.33. The van der Waals surface area contributed by atoms with Crippen LogP contribution < -0.4 is 0 Å². The Morgan fingerprint density at radius 2 is 1.50 bits per heavy atom. The lowest BCUT2D eigenvalue weighted by atomic mass is 9.86. The van der Waals surface area contributed by atoms with Crippen LogP contribution in [0.15, 0.2) is 6.07 Å². The van der Waals surface area contributed by atoms with Crippen molar-refractivity contribution in [3.8, 4) is 17.2 Å². The molecular formula is C17H24O5. The highest BCUT2D eigenvalue weighted by Crippen LogP contribution is 2.40. The van der Waals surface area contributed by atoms with Gasteiger partial charge in [0.15, 0.2) is 11.6 Å². The Hall–Kier alpha value is -2.04. The van der Waals surface area contributed by atoms with Gasteiger partial charge in [0.1, 0.15) is 28.4 Å². The number of phenolic OH excluding ortho intramolecular Hbond substituents is 3. The summed E-state index contributed by atoms with van der Waals surface area (Å²) >= 11 is 0. The van der Waals surface area contributed by atoms with E-state index in [1.807, 2.05) is 27.7 Å². The molecule has 0 amide bonds. The van der Waals surface area contributed by atoms with Gasteiger partial charge in [-0.25, -0.2) is 0 Å². The van der Waals surface area contributed by atoms with Gasteiger partial charge in [0.05, 0.1) is 0 Å². The topological polar surface area (TPSA) is 94.8 Å². The third-order valence-corrected chi connectivity index (χ3v) is 3.27. The molecule has 0 atom stereocenters. The van der Waals surface area contributed by atoms with Gasteiger partial charge in [0.25, 0.3) is 0 Å². The second kappa shape index (κ2) is 6.81. The van der Waals surface area contributed by atoms with Crippen molar-refractivity contribution in [1.29, 1.82) is 0 Å². The van der Waals surface area contributed by atoms with Crippen LogP contribution in [0.2, 0.25) is 0 Å². The van der Waals surface area contributed by atoms with Crippen molar-refractivity contribution >= 4 is 11.6 Å². The molecule has 0 unspecified atom stereocenters. The molecule has 0 radical (unpaired) electrons. The van der Waals surface area contributed by atoms with Crippen molar-refractivity contribution in [2.45, 2.75) is 53.4 Å². The zero-order valence-corrected chi connectivity index (χ0v) is 13.6. The number of ketones is 2. The minimum atomic E-state index is -0.632. The Labute approximate surface area is 130 Å². The molecule has 0 saturated heterocycles. The van der Waals surface area contributed by atoms with Gasteiger partial charge in [-0.2, -0.15) is 0 Å². The van der Waals surface area contributed by atoms with Crippen LogP contribution in [-0.2, 0) is 0 Å². The lowest BCUT2D eigenvalue weighted by Crippen LogP contribution is -2.14. The molecule has 0 aromatic heterocycles. The molecule has 1 rings (SSSR count). The van der Waals surface area contributed by atoms with Crippen molar-refractivity contribution in [3.63, 3.8) is 0 Å². The van der Waals surface area contributed by atoms with Gasteiger partial charge in [-0.3, -0.25) is 9.59 Å². The van der Waals surface area contributed by atoms with Crippen molar-refractivity contribution in [2.75, 3.05) is 0 Å². The minimum absolute atomic E-state index is 0.0987. The van der Waals surface area contributed by atoms with Crippen LogP contribution in [0, 0.1) is 5.41 Å². The Kier molecular flexibility index (Phi) is 5.58. The average molecular weight is 308 g/mol. The van der Waals surface area contributed by atoms with Crippen LogP contribution in [0.25, 0.3) is 0 Å². The van der Waals surface area contributed by atoms with Crippen LogP contribution in [-0.4, -0.2) is 26.9 Å². The van der Waals surface area contributed by atoms with E-state index in [1.54, 1.807) is 0 Å². The molecule has 0 fully saturated rings. The molecule has 22 heavy (non-hydrogen) atoms. The maximum absolute atomic E-state index is 12.3. The summed E-state index contributed by atoms with van der Waals surface area (Å²) in [5, 5.41) is 29.9. The van der Waals surface area contributed by atoms with E-state index in [2.05, 4.69) is 0 Å². The molecule has 0 spiro atoms. The van der Waals surface area contributed by atoms with E-state index in [9.17, 15) is 24.9 Å². The summed E-state index contributed by atoms with van der Waals surface area (Å²) in [5.41, 5.74) is -0.920. The maximum atomic E-state index is 12.3. The fraction of sp³-hybridized carbons (Fsp3) is 0.529. The fourth-order valence-electron chi connectivity index (χ4n) is 2.22. The SMILES string of the molecule is CCCCC(=O)c1c(O)cc(O)c(C(=O)CC(C)(C)C)c1O. The lowest BCUT2D eigenvalue weighted by molar-refractivity contribution is 0.0934. The first kappa shape index (κ1) is 18.0. The van der Waals surface area contributed by atoms with Crippen LogP contribution >= 0.6 is 0 Å². The van der Waals surface area contributed by atoms with Crippen molar-refractivity contribution in [3.05, 3.63) is 17.2 Å². The summed E-state index contributed by atoms with van der Waals surface area (Å²) in [6.45, 7) is 7.48. The summed E-state index contributed by atoms with van der Waals surface area (Å²) in [6, 6.07) is 0.939. The van der Waals surface area contributed by atoms with Crippen LogP contribution in [0.3, 0.4) is 0 Å². The largest absolute Gasteiger partial charge is 0.507 e. The highest BCUT2D eigenvalue weighted by molar-refractivity contribution is 6.08. The minimum Gasteiger partial charge on any atom is -0.507 e. The molecule has 0 bridgehead atoms. The maximum Gasteiger partial charge on any atom is 0.170 e. The van der Waals surface area contributed by atoms with Gasteiger partial charge in [0.2, 0.25) is 0 Å². The van der Waals surface area contributed by atoms with E-state index in [-0.39, 0.29) is 29.4 Å². The van der Waals surface area contributed by atoms with Gasteiger partial charge >= 0.3 is 0 Å². The lowest BCUT2D eigenvalue weighted by Gasteiger charge is -2.18. The molecule has 1 aromatic carbocycles. The first-order valence-electron chi connectivity index (χ1n) is 7.42. The molecule has 0 saturated carbocycles. The number of benzene rings is 1. The zero-order valence-electron chi connectivity index (χ0n) is 13.6. The van der Waals surface area contributed by atoms with Crippen LogP contribution in [0.5, 0.6) is 17.2 Å². The Balaban J connectivity index is 3.30. The van der Waals surface area contributed by atoms with E-state index in [0.29, 0.717) is 6.42 Å². The Bertz CT molecular complexity index is 582. The number of carbonyl (C=O) groups excluding carboxylic acids is 2. The second-order valence-corrected chi connectivity index (χ2v) is 6.70. The summed E-state index contributed by atoms with van der Waals surface area (Å²) in [4.78, 5) is 24.4. The fourth-order valence-corrected chi connectivity index (χ4v) is 2.22. The van der Waals surface area contributed by atoms with E-state index in [1.165, 1.54) is 0 Å². The summed E-state index contributed by atoms with van der Waals surface area (Å²) in [5.74, 6) is -2.57. The summed E-state index contributed by atoms with van der Waals surface area (Å²) in [6.07, 6.45) is 1.67. The van der Waals surface area contributed by atoms with Gasteiger partial charge in [-0.15, -0.1) is 0 Å². The number of carbonyl (C=O) groups is 2. The number of phenols is 3. The Morgan fingerprint density at radius 3 is 1.95 bits per heavy atom. The quantitative estimate of drug-likeness (QED) is 0.695. The number of hydrogen-bond acceptors (Lipinski definition) is 5. The van der Waals surface area contributed by atoms with Gasteiger partial charge < -0.3 is 15.3 Å². The first-order chi connectivity index (χ1) is 10.1. The third kappa shape index (κ3) is 4.23. The molecule has 3 N–H and O–H groups in total. The number of Topliss-reactive ketones (excluding diaryl/α,β-unsaturated/α-hetero) is 2. The number of hydrogen-bond donors (Lipinski definition) is 3. The Morgan fingerprint density at radius 1 is 1.00 bits per heavy atom. The second-order valence-electron chi connectivity index (χ2n) is 6.70. The van der Waals surface area contributed by atoms with E-state index < -0.39 is 28.8 Å². The molecule has 5 heteroatoms. The standard InChI is InChI=1S/C17H24O5/c1-5-6-7-10(18)14-11(19)8-12(20)15(16(14)22)13(21)9-17(2,3)4/h8,19-20,22H,5-7,9H2,1-4H3. The molecule has 0 aliphatic rings. The number of rotatable bonds is 6. The number of unbranched alkanes of at least 4 members (excludes halogenated alkanes) is 1. The highest BCUT2D eigenvalue weighted by atomic mass is 16.3. The van der Waals surface area contributed by atoms with E-state index >= 15 is 0 Å². The van der Waals surface area contributed by atoms with Crippen LogP contribution in [0.1, 0.15) is 74.1 Å². The van der Waals surface area contributed by atoms with Gasteiger partial charge in [-0.05, 0) is 11.8 Å². The third-order valence-electron chi connectivity index (χ3n) is 3.27. The predicted molar refractivity (Wildman–Crippen MR) is 83.7 cm³/mol. The van der Waals surface area contributed by atoms with E-state index in [4.69, 9.17) is 0 Å². The van der Waals surface area contributed by atoms with Crippen LogP contribution in [0.4, 0.5) is 0 Å². The van der Waals surface area contributed by atoms with Crippen molar-refractivity contribution in [1.82, 2.24) is 0 Å². The molecule has 0 aliphatic heterocycles. The zero-order chi connectivity index (χ0) is 17.1. The normalized spacial score (nSPS) is 11.5.